The van der Waals surface area contributed by atoms with Crippen molar-refractivity contribution >= 4 is 85.3 Å². The lowest BCUT2D eigenvalue weighted by molar-refractivity contribution is -0.124. The number of thioether (sulfide) groups is 1. The first-order valence-electron chi connectivity index (χ1n) is 7.35. The predicted octanol–water partition coefficient (Wildman–Crippen LogP) is 6.36. The molecular weight excluding hydrogens is 477 g/mol. The number of nitrogens with zero attached hydrogens (tertiary/aromatic N) is 1. The molecule has 26 heavy (non-hydrogen) atoms. The molecule has 0 N–H and O–H groups in total. The molecule has 0 atom stereocenters. The van der Waals surface area contributed by atoms with Gasteiger partial charge in [-0.15, -0.1) is 0 Å². The smallest absolute Gasteiger partial charge is 0.274 e. The van der Waals surface area contributed by atoms with Crippen molar-refractivity contribution in [3.8, 4) is 0 Å². The Morgan fingerprint density at radius 1 is 1.15 bits per heavy atom. The maximum absolute atomic E-state index is 12.5. The van der Waals surface area contributed by atoms with E-state index in [9.17, 15) is 9.59 Å². The van der Waals surface area contributed by atoms with Gasteiger partial charge < -0.3 is 0 Å². The molecule has 0 bridgehead atoms. The summed E-state index contributed by atoms with van der Waals surface area (Å²) in [5.74, 6) is -0.354. The van der Waals surface area contributed by atoms with Crippen molar-refractivity contribution in [1.29, 1.82) is 0 Å². The second-order valence-corrected chi connectivity index (χ2v) is 8.50. The zero-order chi connectivity index (χ0) is 18.8. The molecule has 0 unspecified atom stereocenters. The fourth-order valence-corrected chi connectivity index (χ4v) is 4.14. The van der Waals surface area contributed by atoms with Gasteiger partial charge in [-0.05, 0) is 53.2 Å². The summed E-state index contributed by atoms with van der Waals surface area (Å²) in [6, 6.07) is 12.4. The van der Waals surface area contributed by atoms with Crippen LogP contribution in [-0.4, -0.2) is 21.0 Å². The Balaban J connectivity index is 1.79. The van der Waals surface area contributed by atoms with Crippen LogP contribution in [-0.2, 0) is 11.2 Å². The average molecular weight is 487 g/mol. The fourth-order valence-electron chi connectivity index (χ4n) is 2.29. The molecule has 0 aliphatic carbocycles. The zero-order valence-corrected chi connectivity index (χ0v) is 17.8. The first-order valence-corrected chi connectivity index (χ1v) is 10.1. The van der Waals surface area contributed by atoms with E-state index in [1.54, 1.807) is 24.3 Å². The number of carbonyl (C=O) groups excluding carboxylic acids is 2. The second-order valence-electron chi connectivity index (χ2n) is 5.39. The molecule has 2 amide bonds. The van der Waals surface area contributed by atoms with E-state index < -0.39 is 5.24 Å². The second kappa shape index (κ2) is 8.23. The molecule has 2 aromatic rings. The number of imide groups is 1. The Labute approximate surface area is 178 Å². The lowest BCUT2D eigenvalue weighted by Crippen LogP contribution is -2.35. The number of benzene rings is 2. The summed E-state index contributed by atoms with van der Waals surface area (Å²) in [5, 5.41) is 0.450. The monoisotopic (exact) mass is 485 g/mol. The van der Waals surface area contributed by atoms with Crippen LogP contribution in [0, 0.1) is 0 Å². The number of thiocarbonyl (C=S) groups is 1. The summed E-state index contributed by atoms with van der Waals surface area (Å²) >= 11 is 21.5. The van der Waals surface area contributed by atoms with E-state index in [1.165, 1.54) is 0 Å². The summed E-state index contributed by atoms with van der Waals surface area (Å²) in [6.45, 7) is 0. The number of hydrogen-bond donors (Lipinski definition) is 0. The van der Waals surface area contributed by atoms with Gasteiger partial charge in [0.15, 0.2) is 0 Å². The van der Waals surface area contributed by atoms with Crippen molar-refractivity contribution in [2.75, 3.05) is 0 Å². The van der Waals surface area contributed by atoms with Gasteiger partial charge in [0, 0.05) is 4.47 Å². The fraction of sp³-hybridized carbons (Fsp3) is 0.0556. The Morgan fingerprint density at radius 3 is 2.50 bits per heavy atom. The van der Waals surface area contributed by atoms with Gasteiger partial charge in [0.05, 0.1) is 21.4 Å². The van der Waals surface area contributed by atoms with E-state index in [-0.39, 0.29) is 17.3 Å². The summed E-state index contributed by atoms with van der Waals surface area (Å²) in [6.07, 6.45) is 1.82. The lowest BCUT2D eigenvalue weighted by atomic mass is 10.1. The lowest BCUT2D eigenvalue weighted by Gasteiger charge is -2.12. The Kier molecular flexibility index (Phi) is 6.20. The molecule has 3 nitrogen and oxygen atoms in total. The van der Waals surface area contributed by atoms with E-state index in [4.69, 9.17) is 35.4 Å². The maximum atomic E-state index is 12.5. The number of halogens is 3. The van der Waals surface area contributed by atoms with Crippen LogP contribution in [0.3, 0.4) is 0 Å². The van der Waals surface area contributed by atoms with Crippen LogP contribution in [0.15, 0.2) is 51.8 Å². The molecule has 0 radical (unpaired) electrons. The van der Waals surface area contributed by atoms with Gasteiger partial charge in [0.1, 0.15) is 4.99 Å². The highest BCUT2D eigenvalue weighted by molar-refractivity contribution is 9.10. The highest BCUT2D eigenvalue weighted by Crippen LogP contribution is 2.34. The van der Waals surface area contributed by atoms with Gasteiger partial charge >= 0.3 is 0 Å². The van der Waals surface area contributed by atoms with E-state index >= 15 is 0 Å². The Bertz CT molecular complexity index is 945. The molecule has 8 heteroatoms. The number of rotatable bonds is 3. The van der Waals surface area contributed by atoms with Gasteiger partial charge in [-0.1, -0.05) is 69.5 Å². The first kappa shape index (κ1) is 19.6. The standard InChI is InChI=1S/C18H10BrCl2NO2S2/c19-12-4-1-10(2-5-12)9-16(23)22-17(25)15(26-18(22)24)8-11-3-6-13(20)14(21)7-11/h1-8H,9H2/b15-8+. The molecular formula is C18H10BrCl2NO2S2. The van der Waals surface area contributed by atoms with Crippen LogP contribution in [0.2, 0.25) is 10.0 Å². The molecule has 0 aromatic heterocycles. The van der Waals surface area contributed by atoms with Gasteiger partial charge in [-0.2, -0.15) is 0 Å². The summed E-state index contributed by atoms with van der Waals surface area (Å²) in [7, 11) is 0. The topological polar surface area (TPSA) is 37.4 Å². The molecule has 1 aliphatic heterocycles. The highest BCUT2D eigenvalue weighted by atomic mass is 79.9. The van der Waals surface area contributed by atoms with Gasteiger partial charge in [0.25, 0.3) is 5.24 Å². The van der Waals surface area contributed by atoms with E-state index in [2.05, 4.69) is 15.9 Å². The summed E-state index contributed by atoms with van der Waals surface area (Å²) in [5.41, 5.74) is 1.56. The predicted molar refractivity (Wildman–Crippen MR) is 115 cm³/mol. The molecule has 132 valence electrons. The minimum absolute atomic E-state index is 0.0970. The number of carbonyl (C=O) groups is 2. The third kappa shape index (κ3) is 4.38. The summed E-state index contributed by atoms with van der Waals surface area (Å²) in [4.78, 5) is 26.6. The Hall–Kier alpha value is -1.18. The largest absolute Gasteiger partial charge is 0.298 e. The van der Waals surface area contributed by atoms with Gasteiger partial charge in [-0.3, -0.25) is 9.59 Å². The average Bonchev–Trinajstić information content (AvgIpc) is 2.87. The van der Waals surface area contributed by atoms with Crippen LogP contribution >= 0.6 is 63.1 Å². The minimum Gasteiger partial charge on any atom is -0.274 e. The first-order chi connectivity index (χ1) is 12.3. The van der Waals surface area contributed by atoms with Crippen LogP contribution in [0.5, 0.6) is 0 Å². The highest BCUT2D eigenvalue weighted by Gasteiger charge is 2.36. The van der Waals surface area contributed by atoms with Crippen LogP contribution in [0.1, 0.15) is 11.1 Å². The molecule has 2 aromatic carbocycles. The maximum Gasteiger partial charge on any atom is 0.298 e. The third-order valence-corrected chi connectivity index (χ3v) is 6.24. The normalized spacial score (nSPS) is 15.8. The van der Waals surface area contributed by atoms with Crippen molar-refractivity contribution in [2.45, 2.75) is 6.42 Å². The van der Waals surface area contributed by atoms with Crippen molar-refractivity contribution < 1.29 is 9.59 Å². The number of amides is 2. The van der Waals surface area contributed by atoms with Gasteiger partial charge in [0.2, 0.25) is 5.91 Å². The van der Waals surface area contributed by atoms with Gasteiger partial charge in [-0.25, -0.2) is 4.90 Å². The molecule has 1 saturated heterocycles. The van der Waals surface area contributed by atoms with Crippen LogP contribution in [0.4, 0.5) is 4.79 Å². The van der Waals surface area contributed by atoms with E-state index in [0.717, 1.165) is 32.3 Å². The van der Waals surface area contributed by atoms with Crippen molar-refractivity contribution in [3.63, 3.8) is 0 Å². The minimum atomic E-state index is -0.400. The molecule has 1 aliphatic rings. The van der Waals surface area contributed by atoms with Crippen molar-refractivity contribution in [1.82, 2.24) is 4.90 Å². The van der Waals surface area contributed by atoms with E-state index in [0.29, 0.717) is 15.0 Å². The molecule has 0 spiro atoms. The van der Waals surface area contributed by atoms with E-state index in [1.807, 2.05) is 24.3 Å². The third-order valence-electron chi connectivity index (χ3n) is 3.55. The molecule has 1 heterocycles. The summed E-state index contributed by atoms with van der Waals surface area (Å²) < 4.78 is 0.920. The van der Waals surface area contributed by atoms with Crippen LogP contribution in [0.25, 0.3) is 6.08 Å². The van der Waals surface area contributed by atoms with Crippen LogP contribution < -0.4 is 0 Å². The number of hydrogen-bond acceptors (Lipinski definition) is 4. The molecule has 1 fully saturated rings. The molecule has 3 rings (SSSR count). The quantitative estimate of drug-likeness (QED) is 0.373. The SMILES string of the molecule is O=C(Cc1ccc(Br)cc1)N1C(=O)S/C(=C/c2ccc(Cl)c(Cl)c2)C1=S. The van der Waals surface area contributed by atoms with Crippen molar-refractivity contribution in [2.24, 2.45) is 0 Å². The molecule has 0 saturated carbocycles. The Morgan fingerprint density at radius 2 is 1.85 bits per heavy atom. The zero-order valence-electron chi connectivity index (χ0n) is 13.0. The van der Waals surface area contributed by atoms with Crippen molar-refractivity contribution in [3.05, 3.63) is 73.0 Å².